The van der Waals surface area contributed by atoms with Crippen molar-refractivity contribution in [2.24, 2.45) is 7.05 Å². The van der Waals surface area contributed by atoms with Gasteiger partial charge in [0.15, 0.2) is 0 Å². The molecule has 0 radical (unpaired) electrons. The minimum atomic E-state index is -0.145. The van der Waals surface area contributed by atoms with Crippen molar-refractivity contribution in [3.05, 3.63) is 245 Å². The molecule has 0 saturated carbocycles. The maximum absolute atomic E-state index is 2.61. The Bertz CT molecular complexity index is 3880. The van der Waals surface area contributed by atoms with Gasteiger partial charge >= 0.3 is 0 Å². The molecule has 0 aliphatic carbocycles. The van der Waals surface area contributed by atoms with Crippen LogP contribution in [0.4, 0.5) is 68.2 Å². The molecule has 358 valence electrons. The third kappa shape index (κ3) is 7.30. The van der Waals surface area contributed by atoms with E-state index < -0.39 is 0 Å². The first-order valence-electron chi connectivity index (χ1n) is 25.9. The van der Waals surface area contributed by atoms with E-state index in [9.17, 15) is 0 Å². The number of hydrogen-bond acceptors (Lipinski definition) is 4. The van der Waals surface area contributed by atoms with Gasteiger partial charge in [0.2, 0.25) is 0 Å². The van der Waals surface area contributed by atoms with Crippen LogP contribution >= 0.6 is 0 Å². The zero-order valence-electron chi connectivity index (χ0n) is 43.4. The van der Waals surface area contributed by atoms with Gasteiger partial charge in [0.1, 0.15) is 0 Å². The number of anilines is 12. The van der Waals surface area contributed by atoms with Gasteiger partial charge in [-0.3, -0.25) is 0 Å². The summed E-state index contributed by atoms with van der Waals surface area (Å²) in [6.45, 7) is 15.1. The molecule has 0 saturated heterocycles. The highest BCUT2D eigenvalue weighted by Crippen LogP contribution is 2.53. The molecule has 5 nitrogen and oxygen atoms in total. The van der Waals surface area contributed by atoms with Gasteiger partial charge in [-0.15, -0.1) is 0 Å². The number of para-hydroxylation sites is 1. The number of hydrogen-bond donors (Lipinski definition) is 0. The van der Waals surface area contributed by atoms with Crippen LogP contribution in [0, 0.1) is 48.5 Å². The normalized spacial score (nSPS) is 12.5. The molecule has 0 atom stereocenters. The number of fused-ring (bicyclic) bond motifs is 8. The first kappa shape index (κ1) is 45.2. The Kier molecular flexibility index (Phi) is 10.7. The smallest absolute Gasteiger partial charge is 0.252 e. The summed E-state index contributed by atoms with van der Waals surface area (Å²) in [6, 6.07) is 77.9. The number of aromatic nitrogens is 1. The molecule has 0 bridgehead atoms. The van der Waals surface area contributed by atoms with Crippen LogP contribution in [-0.4, -0.2) is 11.3 Å². The lowest BCUT2D eigenvalue weighted by molar-refractivity contribution is 1.01. The van der Waals surface area contributed by atoms with Gasteiger partial charge in [-0.05, 0) is 168 Å². The molecule has 0 fully saturated rings. The van der Waals surface area contributed by atoms with Crippen LogP contribution in [-0.2, 0) is 7.05 Å². The highest BCUT2D eigenvalue weighted by Gasteiger charge is 2.46. The minimum absolute atomic E-state index is 0.145. The van der Waals surface area contributed by atoms with Crippen LogP contribution in [0.25, 0.3) is 21.8 Å². The molecule has 0 unspecified atom stereocenters. The summed E-state index contributed by atoms with van der Waals surface area (Å²) < 4.78 is 2.47. The van der Waals surface area contributed by atoms with E-state index in [1.54, 1.807) is 0 Å². The van der Waals surface area contributed by atoms with Gasteiger partial charge in [0.25, 0.3) is 6.71 Å². The van der Waals surface area contributed by atoms with Crippen LogP contribution in [0.15, 0.2) is 206 Å². The molecule has 10 aromatic carbocycles. The lowest BCUT2D eigenvalue weighted by atomic mass is 9.33. The van der Waals surface area contributed by atoms with E-state index in [4.69, 9.17) is 0 Å². The lowest BCUT2D eigenvalue weighted by Crippen LogP contribution is -2.61. The minimum Gasteiger partial charge on any atom is -0.342 e. The Hall–Kier alpha value is -8.74. The molecular formula is C68H58BN5. The predicted molar refractivity (Wildman–Crippen MR) is 317 cm³/mol. The predicted octanol–water partition coefficient (Wildman–Crippen LogP) is 16.5. The van der Waals surface area contributed by atoms with Gasteiger partial charge in [0.05, 0.1) is 22.6 Å². The first-order valence-corrected chi connectivity index (χ1v) is 25.9. The summed E-state index contributed by atoms with van der Waals surface area (Å²) in [5.41, 5.74) is 28.3. The number of rotatable bonds is 8. The topological polar surface area (TPSA) is 17.9 Å². The van der Waals surface area contributed by atoms with Crippen LogP contribution in [0.2, 0.25) is 0 Å². The van der Waals surface area contributed by atoms with E-state index in [0.29, 0.717) is 0 Å². The SMILES string of the molecule is Cc1ccc(N(c2ccc(C)cc2)c2cc3c4c(c2)N(c2ccc(C)cc2)c2c(cc(N(c5ccc(C)cc5)c5ccc(C)cc5)c5c6ccccc6n(C)c25)B4c2cc(C)ccc2N3c2ccc(C)cc2)cc1. The molecular weight excluding hydrogens is 898 g/mol. The van der Waals surface area contributed by atoms with Gasteiger partial charge < -0.3 is 24.2 Å². The summed E-state index contributed by atoms with van der Waals surface area (Å²) in [4.78, 5) is 10.1. The van der Waals surface area contributed by atoms with E-state index in [1.807, 2.05) is 0 Å². The van der Waals surface area contributed by atoms with Crippen molar-refractivity contribution in [1.29, 1.82) is 0 Å². The Labute approximate surface area is 435 Å². The van der Waals surface area contributed by atoms with Gasteiger partial charge in [-0.2, -0.15) is 0 Å². The van der Waals surface area contributed by atoms with Crippen LogP contribution < -0.4 is 36.0 Å². The molecule has 0 N–H and O–H groups in total. The number of benzene rings is 10. The molecule has 2 aliphatic heterocycles. The van der Waals surface area contributed by atoms with Crippen molar-refractivity contribution in [2.45, 2.75) is 48.5 Å². The first-order chi connectivity index (χ1) is 36.0. The van der Waals surface area contributed by atoms with Gasteiger partial charge in [-0.25, -0.2) is 0 Å². The molecule has 6 heteroatoms. The van der Waals surface area contributed by atoms with E-state index >= 15 is 0 Å². The van der Waals surface area contributed by atoms with Gasteiger partial charge in [0, 0.05) is 74.5 Å². The van der Waals surface area contributed by atoms with Crippen molar-refractivity contribution in [3.63, 3.8) is 0 Å². The maximum atomic E-state index is 2.61. The third-order valence-electron chi connectivity index (χ3n) is 15.6. The van der Waals surface area contributed by atoms with E-state index in [1.165, 1.54) is 88.5 Å². The summed E-state index contributed by atoms with van der Waals surface area (Å²) in [7, 11) is 2.27. The molecule has 74 heavy (non-hydrogen) atoms. The number of nitrogens with zero attached hydrogens (tertiary/aromatic N) is 5. The highest BCUT2D eigenvalue weighted by atomic mass is 15.2. The summed E-state index contributed by atoms with van der Waals surface area (Å²) in [6.07, 6.45) is 0. The zero-order valence-corrected chi connectivity index (χ0v) is 43.4. The Morgan fingerprint density at radius 2 is 0.797 bits per heavy atom. The monoisotopic (exact) mass is 955 g/mol. The summed E-state index contributed by atoms with van der Waals surface area (Å²) in [5.74, 6) is 0. The van der Waals surface area contributed by atoms with Crippen molar-refractivity contribution < 1.29 is 0 Å². The van der Waals surface area contributed by atoms with Crippen molar-refractivity contribution >= 4 is 113 Å². The molecule has 2 aliphatic rings. The molecule has 11 aromatic rings. The van der Waals surface area contributed by atoms with Crippen LogP contribution in [0.5, 0.6) is 0 Å². The second-order valence-electron chi connectivity index (χ2n) is 20.9. The van der Waals surface area contributed by atoms with E-state index in [-0.39, 0.29) is 6.71 Å². The fraction of sp³-hybridized carbons (Fsp3) is 0.118. The fourth-order valence-electron chi connectivity index (χ4n) is 11.8. The summed E-state index contributed by atoms with van der Waals surface area (Å²) >= 11 is 0. The summed E-state index contributed by atoms with van der Waals surface area (Å²) in [5, 5.41) is 2.42. The lowest BCUT2D eigenvalue weighted by Gasteiger charge is -2.45. The molecule has 3 heterocycles. The average molecular weight is 956 g/mol. The second kappa shape index (κ2) is 17.5. The zero-order chi connectivity index (χ0) is 50.5. The van der Waals surface area contributed by atoms with Crippen LogP contribution in [0.1, 0.15) is 38.9 Å². The largest absolute Gasteiger partial charge is 0.342 e. The molecule has 0 amide bonds. The molecule has 0 spiro atoms. The molecule has 13 rings (SSSR count). The van der Waals surface area contributed by atoms with Gasteiger partial charge in [-0.1, -0.05) is 142 Å². The Morgan fingerprint density at radius 1 is 0.365 bits per heavy atom. The highest BCUT2D eigenvalue weighted by molar-refractivity contribution is 7.00. The van der Waals surface area contributed by atoms with Crippen molar-refractivity contribution in [3.8, 4) is 0 Å². The number of aryl methyl sites for hydroxylation is 8. The van der Waals surface area contributed by atoms with Crippen molar-refractivity contribution in [1.82, 2.24) is 4.57 Å². The average Bonchev–Trinajstić information content (AvgIpc) is 3.82. The second-order valence-corrected chi connectivity index (χ2v) is 20.9. The Morgan fingerprint density at radius 3 is 1.31 bits per heavy atom. The maximum Gasteiger partial charge on any atom is 0.252 e. The standard InChI is InChI=1S/C68H58BN5/c1-43-13-26-50(27-14-43)71(51-28-15-44(2)16-29-51)56-40-63-66-64(41-56)74(55-36-23-48(6)24-37-55)67-59(69(66)58-39-49(7)25-38-61(58)73(63)54-34-21-47(5)22-35-54)42-62(65-57-11-9-10-12-60(57)70(8)68(65)67)72(52-30-17-45(3)18-31-52)53-32-19-46(4)20-33-53/h9-42H,1-8H3. The van der Waals surface area contributed by atoms with E-state index in [2.05, 4.69) is 286 Å². The third-order valence-corrected chi connectivity index (χ3v) is 15.6. The Balaban J connectivity index is 1.22. The fourth-order valence-corrected chi connectivity index (χ4v) is 11.8. The van der Waals surface area contributed by atoms with E-state index in [0.717, 1.165) is 56.9 Å². The molecule has 1 aromatic heterocycles. The quantitative estimate of drug-likeness (QED) is 0.141. The van der Waals surface area contributed by atoms with Crippen molar-refractivity contribution in [2.75, 3.05) is 19.6 Å². The van der Waals surface area contributed by atoms with Crippen LogP contribution in [0.3, 0.4) is 0 Å².